The number of nitrogens with one attached hydrogen (secondary N) is 1. The van der Waals surface area contributed by atoms with Crippen LogP contribution in [0.15, 0.2) is 82.7 Å². The molecule has 0 bridgehead atoms. The summed E-state index contributed by atoms with van der Waals surface area (Å²) >= 11 is 0. The Morgan fingerprint density at radius 1 is 1.06 bits per heavy atom. The monoisotopic (exact) mass is 471 g/mol. The average molecular weight is 472 g/mol. The van der Waals surface area contributed by atoms with Crippen molar-refractivity contribution in [3.8, 4) is 11.1 Å². The Balaban J connectivity index is 1.55. The third-order valence-corrected chi connectivity index (χ3v) is 6.77. The summed E-state index contributed by atoms with van der Waals surface area (Å²) in [4.78, 5) is 33.5. The number of hydrogen-bond acceptors (Lipinski definition) is 4. The summed E-state index contributed by atoms with van der Waals surface area (Å²) in [6.45, 7) is 6.87. The molecule has 1 N–H and O–H groups in total. The van der Waals surface area contributed by atoms with Crippen LogP contribution in [-0.4, -0.2) is 35.8 Å². The number of amides is 1. The number of cyclic esters (lactones) is 1. The fourth-order valence-corrected chi connectivity index (χ4v) is 5.05. The predicted octanol–water partition coefficient (Wildman–Crippen LogP) is 5.96. The molecular weight excluding hydrogens is 438 g/mol. The second kappa shape index (κ2) is 9.90. The highest BCUT2D eigenvalue weighted by Crippen LogP contribution is 2.44. The fourth-order valence-electron chi connectivity index (χ4n) is 5.05. The first-order valence-electron chi connectivity index (χ1n) is 12.0. The highest BCUT2D eigenvalue weighted by atomic mass is 16.6. The van der Waals surface area contributed by atoms with Crippen molar-refractivity contribution in [1.29, 1.82) is 0 Å². The van der Waals surface area contributed by atoms with Gasteiger partial charge in [-0.25, -0.2) is 4.79 Å². The number of ether oxygens (including phenoxy) is 1. The summed E-state index contributed by atoms with van der Waals surface area (Å²) < 4.78 is 6.29. The van der Waals surface area contributed by atoms with E-state index >= 15 is 0 Å². The van der Waals surface area contributed by atoms with Crippen molar-refractivity contribution >= 4 is 12.3 Å². The van der Waals surface area contributed by atoms with Crippen molar-refractivity contribution in [3.05, 3.63) is 94.4 Å². The normalized spacial score (nSPS) is 19.5. The molecule has 6 nitrogen and oxygen atoms in total. The molecule has 1 aliphatic rings. The van der Waals surface area contributed by atoms with Gasteiger partial charge in [0.25, 0.3) is 0 Å². The van der Waals surface area contributed by atoms with E-state index in [9.17, 15) is 9.59 Å². The van der Waals surface area contributed by atoms with Crippen molar-refractivity contribution in [2.45, 2.75) is 45.3 Å². The molecular formula is C29H33N3O3. The number of aromatic amines is 1. The zero-order chi connectivity index (χ0) is 25.1. The van der Waals surface area contributed by atoms with Gasteiger partial charge in [-0.2, -0.15) is 0 Å². The van der Waals surface area contributed by atoms with Gasteiger partial charge in [-0.15, -0.1) is 0 Å². The molecule has 1 aliphatic heterocycles. The molecule has 0 aliphatic carbocycles. The van der Waals surface area contributed by atoms with E-state index in [0.29, 0.717) is 19.4 Å². The number of carbonyl (C=O) groups excluding carboxylic acids is 1. The Morgan fingerprint density at radius 3 is 2.34 bits per heavy atom. The Bertz CT molecular complexity index is 1230. The van der Waals surface area contributed by atoms with Crippen molar-refractivity contribution in [2.75, 3.05) is 13.6 Å². The van der Waals surface area contributed by atoms with Crippen molar-refractivity contribution < 1.29 is 9.53 Å². The molecule has 0 saturated carbocycles. The van der Waals surface area contributed by atoms with E-state index in [1.807, 2.05) is 67.7 Å². The van der Waals surface area contributed by atoms with Gasteiger partial charge in [0.2, 0.25) is 5.56 Å². The van der Waals surface area contributed by atoms with E-state index in [4.69, 9.17) is 4.74 Å². The molecule has 0 unspecified atom stereocenters. The van der Waals surface area contributed by atoms with Crippen LogP contribution in [0.5, 0.6) is 0 Å². The summed E-state index contributed by atoms with van der Waals surface area (Å²) in [6.07, 6.45) is 4.69. The number of H-pyrrole nitrogens is 1. The van der Waals surface area contributed by atoms with Gasteiger partial charge in [0.05, 0.1) is 6.04 Å². The first kappa shape index (κ1) is 24.5. The molecule has 0 spiro atoms. The predicted molar refractivity (Wildman–Crippen MR) is 140 cm³/mol. The van der Waals surface area contributed by atoms with Crippen LogP contribution in [0.1, 0.15) is 50.8 Å². The lowest BCUT2D eigenvalue weighted by molar-refractivity contribution is -0.0756. The maximum atomic E-state index is 13.4. The molecule has 0 radical (unpaired) electrons. The number of nitrogens with zero attached hydrogens (tertiary/aromatic N) is 2. The summed E-state index contributed by atoms with van der Waals surface area (Å²) in [7, 11) is 1.77. The maximum Gasteiger partial charge on any atom is 0.411 e. The van der Waals surface area contributed by atoms with Gasteiger partial charge in [0.1, 0.15) is 5.60 Å². The van der Waals surface area contributed by atoms with Crippen LogP contribution in [0.4, 0.5) is 4.79 Å². The molecule has 4 rings (SSSR count). The molecule has 2 atom stereocenters. The van der Waals surface area contributed by atoms with Gasteiger partial charge < -0.3 is 19.6 Å². The van der Waals surface area contributed by atoms with Crippen LogP contribution in [-0.2, 0) is 10.3 Å². The second-order valence-corrected chi connectivity index (χ2v) is 9.96. The Labute approximate surface area is 206 Å². The Kier molecular flexibility index (Phi) is 6.92. The third kappa shape index (κ3) is 5.37. The fraction of sp³-hybridized carbons (Fsp3) is 0.345. The summed E-state index contributed by atoms with van der Waals surface area (Å²) in [5.74, 6) is 0. The second-order valence-electron chi connectivity index (χ2n) is 9.96. The van der Waals surface area contributed by atoms with Crippen LogP contribution >= 0.6 is 0 Å². The van der Waals surface area contributed by atoms with Crippen molar-refractivity contribution in [1.82, 2.24) is 9.88 Å². The van der Waals surface area contributed by atoms with Gasteiger partial charge in [-0.05, 0) is 35.2 Å². The lowest BCUT2D eigenvalue weighted by atomic mass is 9.75. The topological polar surface area (TPSA) is 74.8 Å². The lowest BCUT2D eigenvalue weighted by Crippen LogP contribution is -2.50. The molecule has 2 heterocycles. The molecule has 1 fully saturated rings. The van der Waals surface area contributed by atoms with E-state index in [2.05, 4.69) is 23.8 Å². The van der Waals surface area contributed by atoms with Gasteiger partial charge in [-0.3, -0.25) is 4.79 Å². The minimum Gasteiger partial charge on any atom is -0.438 e. The number of pyridine rings is 1. The number of carbonyl (C=O) groups is 1. The van der Waals surface area contributed by atoms with E-state index in [0.717, 1.165) is 22.3 Å². The molecule has 1 saturated heterocycles. The number of aromatic nitrogens is 1. The molecule has 35 heavy (non-hydrogen) atoms. The van der Waals surface area contributed by atoms with Crippen molar-refractivity contribution in [2.24, 2.45) is 10.4 Å². The number of aliphatic imine (C=N–C) groups is 1. The molecule has 1 amide bonds. The van der Waals surface area contributed by atoms with E-state index in [1.54, 1.807) is 24.2 Å². The zero-order valence-electron chi connectivity index (χ0n) is 20.8. The quantitative estimate of drug-likeness (QED) is 0.432. The molecule has 2 aromatic carbocycles. The van der Waals surface area contributed by atoms with Gasteiger partial charge >= 0.3 is 6.09 Å². The smallest absolute Gasteiger partial charge is 0.411 e. The average Bonchev–Trinajstić information content (AvgIpc) is 2.84. The largest absolute Gasteiger partial charge is 0.438 e. The van der Waals surface area contributed by atoms with Crippen LogP contribution in [0, 0.1) is 5.41 Å². The van der Waals surface area contributed by atoms with E-state index < -0.39 is 5.60 Å². The van der Waals surface area contributed by atoms with Gasteiger partial charge in [0, 0.05) is 50.3 Å². The highest BCUT2D eigenvalue weighted by Gasteiger charge is 2.46. The van der Waals surface area contributed by atoms with Crippen LogP contribution in [0.25, 0.3) is 11.1 Å². The number of hydrogen-bond donors (Lipinski definition) is 1. The number of benzene rings is 2. The molecule has 182 valence electrons. The van der Waals surface area contributed by atoms with Crippen LogP contribution in [0.2, 0.25) is 0 Å². The zero-order valence-corrected chi connectivity index (χ0v) is 20.8. The van der Waals surface area contributed by atoms with Crippen molar-refractivity contribution in [3.63, 3.8) is 0 Å². The molecule has 1 aromatic heterocycles. The first-order valence-corrected chi connectivity index (χ1v) is 12.0. The van der Waals surface area contributed by atoms with Gasteiger partial charge in [0.15, 0.2) is 0 Å². The van der Waals surface area contributed by atoms with E-state index in [-0.39, 0.29) is 23.1 Å². The van der Waals surface area contributed by atoms with Gasteiger partial charge in [-0.1, -0.05) is 68.4 Å². The van der Waals surface area contributed by atoms with E-state index in [1.165, 1.54) is 6.07 Å². The summed E-state index contributed by atoms with van der Waals surface area (Å²) in [6, 6.07) is 21.3. The maximum absolute atomic E-state index is 13.4. The third-order valence-electron chi connectivity index (χ3n) is 6.77. The summed E-state index contributed by atoms with van der Waals surface area (Å²) in [5, 5.41) is 0. The molecule has 6 heteroatoms. The Morgan fingerprint density at radius 2 is 1.74 bits per heavy atom. The number of rotatable bonds is 7. The standard InChI is InChI=1S/C29H33N3O3/c1-21(22-10-12-23(13-11-22)24-14-15-26(33)31-18-24)32-17-16-29(35-27(32)34,19-28(2,3)20-30-4)25-8-6-5-7-9-25/h5-15,18,20-21H,16-17,19H2,1-4H3,(H,31,33)/t21-,29-/m0/s1. The molecule has 3 aromatic rings. The SMILES string of the molecule is CN=CC(C)(C)C[C@]1(c2ccccc2)CCN([C@@H](C)c2ccc(-c3ccc(=O)[nH]c3)cc2)C(=O)O1. The first-order chi connectivity index (χ1) is 16.7. The Hall–Kier alpha value is -3.67. The minimum atomic E-state index is -0.701. The lowest BCUT2D eigenvalue weighted by Gasteiger charge is -2.46. The van der Waals surface area contributed by atoms with Crippen LogP contribution < -0.4 is 5.56 Å². The summed E-state index contributed by atoms with van der Waals surface area (Å²) in [5.41, 5.74) is 2.93. The highest BCUT2D eigenvalue weighted by molar-refractivity contribution is 5.71. The minimum absolute atomic E-state index is 0.125. The van der Waals surface area contributed by atoms with Crippen LogP contribution in [0.3, 0.4) is 0 Å².